The minimum Gasteiger partial charge on any atom is -0.495 e. The molecule has 0 bridgehead atoms. The summed E-state index contributed by atoms with van der Waals surface area (Å²) in [6.45, 7) is 9.50. The molecule has 37 heavy (non-hydrogen) atoms. The van der Waals surface area contributed by atoms with Crippen LogP contribution in [0.25, 0.3) is 11.8 Å². The topological polar surface area (TPSA) is 63.0 Å². The Kier molecular flexibility index (Phi) is 6.35. The number of carbonyl (C=O) groups excluding carboxylic acids is 1. The Hall–Kier alpha value is -3.94. The van der Waals surface area contributed by atoms with E-state index in [0.29, 0.717) is 23.8 Å². The lowest BCUT2D eigenvalue weighted by atomic mass is 9.85. The molecule has 2 aromatic carbocycles. The smallest absolute Gasteiger partial charge is 0.259 e. The average molecular weight is 502 g/mol. The van der Waals surface area contributed by atoms with Crippen LogP contribution >= 0.6 is 0 Å². The maximum atomic E-state index is 14.2. The minimum atomic E-state index is -0.567. The zero-order valence-corrected chi connectivity index (χ0v) is 21.9. The summed E-state index contributed by atoms with van der Waals surface area (Å²) in [6.07, 6.45) is 6.56. The van der Waals surface area contributed by atoms with Crippen molar-refractivity contribution in [2.45, 2.75) is 45.7 Å². The minimum absolute atomic E-state index is 0.105. The molecular formula is C29H32FN5O2. The van der Waals surface area contributed by atoms with E-state index in [0.717, 1.165) is 35.5 Å². The van der Waals surface area contributed by atoms with Crippen LogP contribution in [0.5, 0.6) is 5.75 Å². The number of aryl methyl sites for hydroxylation is 1. The Morgan fingerprint density at radius 2 is 1.92 bits per heavy atom. The summed E-state index contributed by atoms with van der Waals surface area (Å²) >= 11 is 0. The maximum absolute atomic E-state index is 14.2. The molecule has 0 saturated carbocycles. The molecule has 0 spiro atoms. The number of rotatable bonds is 5. The summed E-state index contributed by atoms with van der Waals surface area (Å²) < 4.78 is 21.2. The van der Waals surface area contributed by atoms with E-state index < -0.39 is 5.54 Å². The van der Waals surface area contributed by atoms with E-state index in [2.05, 4.69) is 23.7 Å². The fourth-order valence-corrected chi connectivity index (χ4v) is 5.15. The van der Waals surface area contributed by atoms with Crippen LogP contribution in [0.1, 0.15) is 50.1 Å². The van der Waals surface area contributed by atoms with Gasteiger partial charge in [-0.3, -0.25) is 14.7 Å². The van der Waals surface area contributed by atoms with Crippen molar-refractivity contribution < 1.29 is 13.9 Å². The van der Waals surface area contributed by atoms with E-state index >= 15 is 0 Å². The fourth-order valence-electron chi connectivity index (χ4n) is 5.15. The molecule has 1 saturated heterocycles. The molecule has 2 aliphatic rings. The number of benzene rings is 2. The zero-order valence-electron chi connectivity index (χ0n) is 21.9. The number of imidazole rings is 1. The standard InChI is InChI=1S/C29H32FN5O2/c1-19-17-33(18-32-19)25-12-7-21(16-26(25)37-5)15-24-27(36)35(20(2)22-8-10-23(30)11-9-22)28-31-13-6-14-34(28)29(24,3)4/h7-12,15-18,20H,6,13-14H2,1-5H3/b24-15-. The van der Waals surface area contributed by atoms with E-state index in [-0.39, 0.29) is 17.8 Å². The first-order chi connectivity index (χ1) is 17.7. The van der Waals surface area contributed by atoms with Crippen molar-refractivity contribution in [1.82, 2.24) is 19.4 Å². The number of fused-ring (bicyclic) bond motifs is 1. The molecule has 8 heteroatoms. The number of hydrogen-bond donors (Lipinski definition) is 0. The van der Waals surface area contributed by atoms with Crippen LogP contribution in [-0.4, -0.2) is 57.0 Å². The monoisotopic (exact) mass is 501 g/mol. The van der Waals surface area contributed by atoms with E-state index in [4.69, 9.17) is 9.73 Å². The molecule has 3 heterocycles. The van der Waals surface area contributed by atoms with Crippen molar-refractivity contribution in [3.8, 4) is 11.4 Å². The van der Waals surface area contributed by atoms with Gasteiger partial charge in [0.05, 0.1) is 36.4 Å². The van der Waals surface area contributed by atoms with E-state index in [1.54, 1.807) is 30.5 Å². The Balaban J connectivity index is 1.58. The van der Waals surface area contributed by atoms with Gasteiger partial charge in [0.2, 0.25) is 5.96 Å². The predicted molar refractivity (Wildman–Crippen MR) is 142 cm³/mol. The van der Waals surface area contributed by atoms with Gasteiger partial charge in [0.15, 0.2) is 0 Å². The van der Waals surface area contributed by atoms with Gasteiger partial charge in [-0.05, 0) is 75.6 Å². The normalized spacial score (nSPS) is 19.0. The van der Waals surface area contributed by atoms with Gasteiger partial charge < -0.3 is 14.2 Å². The van der Waals surface area contributed by atoms with Crippen LogP contribution in [0.2, 0.25) is 0 Å². The van der Waals surface area contributed by atoms with Gasteiger partial charge in [0, 0.05) is 24.9 Å². The molecule has 1 atom stereocenters. The lowest BCUT2D eigenvalue weighted by molar-refractivity contribution is -0.128. The molecule has 0 radical (unpaired) electrons. The second kappa shape index (κ2) is 9.50. The number of nitrogens with zero attached hydrogens (tertiary/aromatic N) is 5. The van der Waals surface area contributed by atoms with Crippen LogP contribution in [0.4, 0.5) is 4.39 Å². The Morgan fingerprint density at radius 1 is 1.16 bits per heavy atom. The van der Waals surface area contributed by atoms with E-state index in [9.17, 15) is 9.18 Å². The SMILES string of the molecule is COc1cc(/C=C2/C(=O)N(C(C)c3ccc(F)cc3)C3=NCCCN3C2(C)C)ccc1-n1cnc(C)c1. The number of aliphatic imine (C=N–C) groups is 1. The third kappa shape index (κ3) is 4.41. The highest BCUT2D eigenvalue weighted by molar-refractivity contribution is 6.12. The van der Waals surface area contributed by atoms with Crippen LogP contribution in [0.15, 0.2) is 65.6 Å². The third-order valence-electron chi connectivity index (χ3n) is 7.28. The molecular weight excluding hydrogens is 469 g/mol. The summed E-state index contributed by atoms with van der Waals surface area (Å²) in [7, 11) is 1.64. The van der Waals surface area contributed by atoms with Gasteiger partial charge in [0.1, 0.15) is 11.6 Å². The predicted octanol–water partition coefficient (Wildman–Crippen LogP) is 5.16. The van der Waals surface area contributed by atoms with Crippen LogP contribution in [0, 0.1) is 12.7 Å². The molecule has 3 aromatic rings. The number of methoxy groups -OCH3 is 1. The van der Waals surface area contributed by atoms with Crippen molar-refractivity contribution in [2.75, 3.05) is 20.2 Å². The average Bonchev–Trinajstić information content (AvgIpc) is 3.33. The van der Waals surface area contributed by atoms with Gasteiger partial charge in [-0.25, -0.2) is 9.37 Å². The summed E-state index contributed by atoms with van der Waals surface area (Å²) in [5.41, 5.74) is 3.59. The van der Waals surface area contributed by atoms with E-state index in [1.165, 1.54) is 12.1 Å². The first kappa shape index (κ1) is 24.7. The van der Waals surface area contributed by atoms with Crippen molar-refractivity contribution in [3.63, 3.8) is 0 Å². The number of hydrogen-bond acceptors (Lipinski definition) is 5. The molecule has 5 rings (SSSR count). The summed E-state index contributed by atoms with van der Waals surface area (Å²) in [5.74, 6) is 0.956. The van der Waals surface area contributed by atoms with Gasteiger partial charge >= 0.3 is 0 Å². The highest BCUT2D eigenvalue weighted by atomic mass is 19.1. The molecule has 0 N–H and O–H groups in total. The van der Waals surface area contributed by atoms with Gasteiger partial charge in [0.25, 0.3) is 5.91 Å². The zero-order chi connectivity index (χ0) is 26.3. The van der Waals surface area contributed by atoms with Crippen molar-refractivity contribution in [1.29, 1.82) is 0 Å². The number of halogens is 1. The second-order valence-electron chi connectivity index (χ2n) is 10.1. The summed E-state index contributed by atoms with van der Waals surface area (Å²) in [6, 6.07) is 11.9. The van der Waals surface area contributed by atoms with Crippen LogP contribution in [0.3, 0.4) is 0 Å². The Morgan fingerprint density at radius 3 is 2.59 bits per heavy atom. The number of carbonyl (C=O) groups is 1. The lowest BCUT2D eigenvalue weighted by Gasteiger charge is -2.52. The van der Waals surface area contributed by atoms with Gasteiger partial charge in [-0.1, -0.05) is 18.2 Å². The highest BCUT2D eigenvalue weighted by Gasteiger charge is 2.48. The Bertz CT molecular complexity index is 1390. The molecule has 7 nitrogen and oxygen atoms in total. The molecule has 1 aromatic heterocycles. The molecule has 0 aliphatic carbocycles. The number of aromatic nitrogens is 2. The number of amides is 1. The van der Waals surface area contributed by atoms with Crippen LogP contribution < -0.4 is 4.74 Å². The first-order valence-electron chi connectivity index (χ1n) is 12.5. The maximum Gasteiger partial charge on any atom is 0.259 e. The third-order valence-corrected chi connectivity index (χ3v) is 7.28. The summed E-state index contributed by atoms with van der Waals surface area (Å²) in [4.78, 5) is 27.2. The lowest BCUT2D eigenvalue weighted by Crippen LogP contribution is -2.65. The van der Waals surface area contributed by atoms with Gasteiger partial charge in [-0.15, -0.1) is 0 Å². The van der Waals surface area contributed by atoms with E-state index in [1.807, 2.05) is 48.9 Å². The molecule has 1 amide bonds. The molecule has 192 valence electrons. The quantitative estimate of drug-likeness (QED) is 0.454. The number of guanidine groups is 1. The first-order valence-corrected chi connectivity index (χ1v) is 12.5. The Labute approximate surface area is 216 Å². The summed E-state index contributed by atoms with van der Waals surface area (Å²) in [5, 5.41) is 0. The van der Waals surface area contributed by atoms with Crippen molar-refractivity contribution >= 4 is 17.9 Å². The second-order valence-corrected chi connectivity index (χ2v) is 10.1. The fraction of sp³-hybridized carbons (Fsp3) is 0.345. The van der Waals surface area contributed by atoms with Crippen molar-refractivity contribution in [3.05, 3.63) is 83.2 Å². The molecule has 1 fully saturated rings. The molecule has 2 aliphatic heterocycles. The van der Waals surface area contributed by atoms with Gasteiger partial charge in [-0.2, -0.15) is 0 Å². The van der Waals surface area contributed by atoms with Crippen LogP contribution in [-0.2, 0) is 4.79 Å². The van der Waals surface area contributed by atoms with Crippen molar-refractivity contribution in [2.24, 2.45) is 4.99 Å². The number of ether oxygens (including phenoxy) is 1. The molecule has 1 unspecified atom stereocenters. The largest absolute Gasteiger partial charge is 0.495 e. The highest BCUT2D eigenvalue weighted by Crippen LogP contribution is 2.39.